The van der Waals surface area contributed by atoms with Crippen LogP contribution < -0.4 is 10.4 Å². The number of carbonyl (C=O) groups excluding carboxylic acids is 1. The SMILES string of the molecule is COc1ccc(S(=O)(=O)n2c(=O)n(C(C(=O)N3CC[C@@H](N4CCN(C)CC4)C3)c3ccccc3)c3cc(C#N)ccc32)cc1. The van der Waals surface area contributed by atoms with Crippen molar-refractivity contribution in [3.63, 3.8) is 0 Å². The number of carbonyl (C=O) groups is 1. The quantitative estimate of drug-likeness (QED) is 0.311. The Hall–Kier alpha value is -4.44. The molecule has 11 nitrogen and oxygen atoms in total. The van der Waals surface area contributed by atoms with Gasteiger partial charge in [0.2, 0.25) is 0 Å². The Morgan fingerprint density at radius 1 is 0.955 bits per heavy atom. The van der Waals surface area contributed by atoms with Gasteiger partial charge in [-0.25, -0.2) is 13.2 Å². The smallest absolute Gasteiger partial charge is 0.344 e. The van der Waals surface area contributed by atoms with Crippen molar-refractivity contribution in [1.29, 1.82) is 5.26 Å². The van der Waals surface area contributed by atoms with Gasteiger partial charge in [-0.3, -0.25) is 14.3 Å². The number of piperazine rings is 1. The summed E-state index contributed by atoms with van der Waals surface area (Å²) in [7, 11) is -0.820. The highest BCUT2D eigenvalue weighted by Crippen LogP contribution is 2.30. The number of nitrogens with zero attached hydrogens (tertiary/aromatic N) is 6. The standard InChI is InChI=1S/C32H34N6O5S/c1-34-16-18-35(19-17-34)25-14-15-36(22-25)31(39)30(24-6-4-3-5-7-24)37-29-20-23(21-33)8-13-28(29)38(32(37)40)44(41,42)27-11-9-26(43-2)10-12-27/h3-13,20,25,30H,14-19,22H2,1-2H3/t25-,30?/m1/s1. The van der Waals surface area contributed by atoms with Crippen LogP contribution in [0.1, 0.15) is 23.6 Å². The Bertz CT molecular complexity index is 1890. The van der Waals surface area contributed by atoms with Crippen molar-refractivity contribution in [3.8, 4) is 11.8 Å². The molecule has 6 rings (SSSR count). The molecule has 2 saturated heterocycles. The van der Waals surface area contributed by atoms with Crippen molar-refractivity contribution in [2.45, 2.75) is 23.4 Å². The summed E-state index contributed by atoms with van der Waals surface area (Å²) in [6.45, 7) is 4.84. The van der Waals surface area contributed by atoms with Gasteiger partial charge in [-0.05, 0) is 61.5 Å². The fourth-order valence-electron chi connectivity index (χ4n) is 6.23. The van der Waals surface area contributed by atoms with Gasteiger partial charge in [0.05, 0.1) is 34.7 Å². The molecule has 1 amide bonds. The number of amides is 1. The van der Waals surface area contributed by atoms with Gasteiger partial charge in [0.1, 0.15) is 11.8 Å². The molecule has 0 N–H and O–H groups in total. The lowest BCUT2D eigenvalue weighted by Crippen LogP contribution is -2.50. The minimum Gasteiger partial charge on any atom is -0.497 e. The second-order valence-electron chi connectivity index (χ2n) is 11.3. The molecule has 4 aromatic rings. The maximum Gasteiger partial charge on any atom is 0.344 e. The van der Waals surface area contributed by atoms with E-state index in [1.807, 2.05) is 6.07 Å². The molecule has 0 radical (unpaired) electrons. The average Bonchev–Trinajstić information content (AvgIpc) is 3.65. The highest BCUT2D eigenvalue weighted by Gasteiger charge is 2.38. The van der Waals surface area contributed by atoms with E-state index in [9.17, 15) is 23.3 Å². The minimum atomic E-state index is -4.40. The van der Waals surface area contributed by atoms with Gasteiger partial charge in [-0.2, -0.15) is 9.23 Å². The van der Waals surface area contributed by atoms with Gasteiger partial charge < -0.3 is 14.5 Å². The molecule has 12 heteroatoms. The fraction of sp³-hybridized carbons (Fsp3) is 0.344. The van der Waals surface area contributed by atoms with Crippen LogP contribution in [0.4, 0.5) is 0 Å². The Morgan fingerprint density at radius 3 is 2.32 bits per heavy atom. The van der Waals surface area contributed by atoms with Crippen LogP contribution in [-0.4, -0.2) is 97.0 Å². The molecule has 2 fully saturated rings. The summed E-state index contributed by atoms with van der Waals surface area (Å²) in [5.74, 6) is 0.172. The lowest BCUT2D eigenvalue weighted by atomic mass is 10.0. The van der Waals surface area contributed by atoms with Crippen molar-refractivity contribution in [2.75, 3.05) is 53.4 Å². The molecule has 3 heterocycles. The van der Waals surface area contributed by atoms with Crippen LogP contribution in [0, 0.1) is 11.3 Å². The molecule has 2 aliphatic rings. The zero-order valence-electron chi connectivity index (χ0n) is 24.7. The number of likely N-dealkylation sites (N-methyl/N-ethyl adjacent to an activating group) is 1. The number of likely N-dealkylation sites (tertiary alicyclic amines) is 1. The van der Waals surface area contributed by atoms with Crippen molar-refractivity contribution in [3.05, 3.63) is 94.4 Å². The maximum atomic E-state index is 14.5. The van der Waals surface area contributed by atoms with E-state index in [-0.39, 0.29) is 33.4 Å². The van der Waals surface area contributed by atoms with E-state index in [4.69, 9.17) is 4.74 Å². The first kappa shape index (κ1) is 29.6. The van der Waals surface area contributed by atoms with Gasteiger partial charge in [0.25, 0.3) is 15.9 Å². The van der Waals surface area contributed by atoms with Crippen LogP contribution in [0.15, 0.2) is 82.5 Å². The number of methoxy groups -OCH3 is 1. The van der Waals surface area contributed by atoms with Gasteiger partial charge in [0.15, 0.2) is 0 Å². The second kappa shape index (κ2) is 11.9. The van der Waals surface area contributed by atoms with Crippen LogP contribution in [0.3, 0.4) is 0 Å². The number of ether oxygens (including phenoxy) is 1. The highest BCUT2D eigenvalue weighted by atomic mass is 32.2. The van der Waals surface area contributed by atoms with E-state index in [1.54, 1.807) is 29.2 Å². The number of hydrogen-bond acceptors (Lipinski definition) is 8. The molecule has 2 aliphatic heterocycles. The molecule has 3 aromatic carbocycles. The van der Waals surface area contributed by atoms with Crippen LogP contribution in [-0.2, 0) is 14.8 Å². The molecular weight excluding hydrogens is 580 g/mol. The molecule has 0 bridgehead atoms. The third kappa shape index (κ3) is 5.27. The first-order valence-corrected chi connectivity index (χ1v) is 16.0. The number of hydrogen-bond donors (Lipinski definition) is 0. The van der Waals surface area contributed by atoms with Crippen LogP contribution >= 0.6 is 0 Å². The van der Waals surface area contributed by atoms with E-state index in [1.165, 1.54) is 54.1 Å². The lowest BCUT2D eigenvalue weighted by Gasteiger charge is -2.36. The molecule has 2 atom stereocenters. The summed E-state index contributed by atoms with van der Waals surface area (Å²) >= 11 is 0. The van der Waals surface area contributed by atoms with Gasteiger partial charge >= 0.3 is 5.69 Å². The molecular formula is C32H34N6O5S. The normalized spacial score (nSPS) is 18.8. The third-order valence-electron chi connectivity index (χ3n) is 8.70. The molecule has 44 heavy (non-hydrogen) atoms. The monoisotopic (exact) mass is 614 g/mol. The molecule has 0 aliphatic carbocycles. The van der Waals surface area contributed by atoms with E-state index in [0.717, 1.165) is 36.6 Å². The molecule has 0 saturated carbocycles. The number of benzene rings is 3. The van der Waals surface area contributed by atoms with Gasteiger partial charge in [0, 0.05) is 45.3 Å². The number of rotatable bonds is 7. The third-order valence-corrected chi connectivity index (χ3v) is 10.4. The first-order chi connectivity index (χ1) is 21.2. The van der Waals surface area contributed by atoms with Crippen LogP contribution in [0.2, 0.25) is 0 Å². The average molecular weight is 615 g/mol. The number of imidazole rings is 1. The lowest BCUT2D eigenvalue weighted by molar-refractivity contribution is -0.132. The number of fused-ring (bicyclic) bond motifs is 1. The van der Waals surface area contributed by atoms with E-state index in [2.05, 4.69) is 22.9 Å². The Morgan fingerprint density at radius 2 is 1.66 bits per heavy atom. The van der Waals surface area contributed by atoms with Gasteiger partial charge in [-0.15, -0.1) is 0 Å². The van der Waals surface area contributed by atoms with Crippen molar-refractivity contribution in [1.82, 2.24) is 23.2 Å². The molecule has 0 spiro atoms. The van der Waals surface area contributed by atoms with Crippen LogP contribution in [0.5, 0.6) is 5.75 Å². The topological polar surface area (TPSA) is 121 Å². The van der Waals surface area contributed by atoms with Crippen molar-refractivity contribution in [2.24, 2.45) is 0 Å². The van der Waals surface area contributed by atoms with Gasteiger partial charge in [-0.1, -0.05) is 30.3 Å². The van der Waals surface area contributed by atoms with E-state index >= 15 is 0 Å². The largest absolute Gasteiger partial charge is 0.497 e. The highest BCUT2D eigenvalue weighted by molar-refractivity contribution is 7.90. The first-order valence-electron chi connectivity index (χ1n) is 14.6. The Labute approximate surface area is 256 Å². The summed E-state index contributed by atoms with van der Waals surface area (Å²) in [4.78, 5) is 35.2. The maximum absolute atomic E-state index is 14.5. The molecule has 1 aromatic heterocycles. The fourth-order valence-corrected chi connectivity index (χ4v) is 7.63. The second-order valence-corrected chi connectivity index (χ2v) is 13.1. The predicted octanol–water partition coefficient (Wildman–Crippen LogP) is 2.36. The van der Waals surface area contributed by atoms with Crippen molar-refractivity contribution < 1.29 is 17.9 Å². The summed E-state index contributed by atoms with van der Waals surface area (Å²) in [6, 6.07) is 20.2. The number of nitriles is 1. The molecule has 1 unspecified atom stereocenters. The zero-order chi connectivity index (χ0) is 31.0. The summed E-state index contributed by atoms with van der Waals surface area (Å²) in [5, 5.41) is 9.70. The summed E-state index contributed by atoms with van der Waals surface area (Å²) in [6.07, 6.45) is 0.818. The number of aromatic nitrogens is 2. The minimum absolute atomic E-state index is 0.0790. The summed E-state index contributed by atoms with van der Waals surface area (Å²) in [5.41, 5.74) is 0.160. The molecule has 228 valence electrons. The summed E-state index contributed by atoms with van der Waals surface area (Å²) < 4.78 is 35.1. The van der Waals surface area contributed by atoms with Crippen molar-refractivity contribution >= 4 is 27.0 Å². The zero-order valence-corrected chi connectivity index (χ0v) is 25.5. The van der Waals surface area contributed by atoms with E-state index in [0.29, 0.717) is 24.4 Å². The van der Waals surface area contributed by atoms with E-state index < -0.39 is 21.8 Å². The Kier molecular flexibility index (Phi) is 8.02. The van der Waals surface area contributed by atoms with Crippen LogP contribution in [0.25, 0.3) is 11.0 Å². The predicted molar refractivity (Wildman–Crippen MR) is 165 cm³/mol. The Balaban J connectivity index is 1.48.